The molecule has 0 fully saturated rings. The minimum absolute atomic E-state index is 0.0414. The van der Waals surface area contributed by atoms with E-state index >= 15 is 0 Å². The molecule has 0 saturated heterocycles. The molecule has 0 radical (unpaired) electrons. The summed E-state index contributed by atoms with van der Waals surface area (Å²) in [5.74, 6) is 0. The molecule has 2 heterocycles. The predicted molar refractivity (Wildman–Crippen MR) is 241 cm³/mol. The second kappa shape index (κ2) is 16.1. The van der Waals surface area contributed by atoms with E-state index < -0.39 is 47.0 Å². The Morgan fingerprint density at radius 2 is 0.686 bits per heavy atom. The number of nitriles is 2. The van der Waals surface area contributed by atoms with Crippen LogP contribution < -0.4 is 0 Å². The molecule has 0 aliphatic heterocycles. The van der Waals surface area contributed by atoms with Gasteiger partial charge in [0, 0.05) is 21.5 Å². The summed E-state index contributed by atoms with van der Waals surface area (Å²) < 4.78 is 171. The van der Waals surface area contributed by atoms with Gasteiger partial charge in [-0.1, -0.05) is 60.7 Å². The van der Waals surface area contributed by atoms with Crippen molar-refractivity contribution in [2.24, 2.45) is 0 Å². The molecule has 0 bridgehead atoms. The number of hydrogen-bond acceptors (Lipinski definition) is 2. The first-order chi connectivity index (χ1) is 33.1. The van der Waals surface area contributed by atoms with Gasteiger partial charge < -0.3 is 9.13 Å². The third-order valence-electron chi connectivity index (χ3n) is 12.2. The molecule has 10 aromatic rings. The molecule has 0 atom stereocenters. The lowest BCUT2D eigenvalue weighted by Gasteiger charge is -2.19. The van der Waals surface area contributed by atoms with Gasteiger partial charge in [0.15, 0.2) is 0 Å². The molecule has 0 unspecified atom stereocenters. The summed E-state index contributed by atoms with van der Waals surface area (Å²) in [4.78, 5) is 0. The van der Waals surface area contributed by atoms with Gasteiger partial charge in [0.25, 0.3) is 0 Å². The normalized spacial score (nSPS) is 12.5. The summed E-state index contributed by atoms with van der Waals surface area (Å²) in [6.07, 6.45) is -20.4. The van der Waals surface area contributed by atoms with Crippen LogP contribution in [0.3, 0.4) is 0 Å². The van der Waals surface area contributed by atoms with Gasteiger partial charge in [-0.2, -0.15) is 63.2 Å². The van der Waals surface area contributed by atoms with Crippen molar-refractivity contribution >= 4 is 43.6 Å². The lowest BCUT2D eigenvalue weighted by molar-refractivity contribution is -0.144. The fourth-order valence-electron chi connectivity index (χ4n) is 9.08. The Bertz CT molecular complexity index is 3590. The van der Waals surface area contributed by atoms with Crippen molar-refractivity contribution in [1.29, 1.82) is 10.5 Å². The fourth-order valence-corrected chi connectivity index (χ4v) is 9.08. The van der Waals surface area contributed by atoms with E-state index in [4.69, 9.17) is 0 Å². The third-order valence-corrected chi connectivity index (χ3v) is 12.2. The van der Waals surface area contributed by atoms with Crippen LogP contribution in [0.4, 0.5) is 52.7 Å². The number of para-hydroxylation sites is 2. The number of benzene rings is 8. The topological polar surface area (TPSA) is 57.4 Å². The summed E-state index contributed by atoms with van der Waals surface area (Å²) in [6, 6.07) is 39.6. The molecule has 0 amide bonds. The number of rotatable bonds is 5. The summed E-state index contributed by atoms with van der Waals surface area (Å²) in [6.45, 7) is 0. The molecule has 2 aromatic heterocycles. The summed E-state index contributed by atoms with van der Waals surface area (Å²) in [5, 5.41) is 23.0. The number of alkyl halides is 12. The van der Waals surface area contributed by atoms with Gasteiger partial charge in [0.1, 0.15) is 11.6 Å². The van der Waals surface area contributed by atoms with Crippen LogP contribution in [0, 0.1) is 22.7 Å². The Labute approximate surface area is 387 Å². The van der Waals surface area contributed by atoms with Crippen molar-refractivity contribution < 1.29 is 52.7 Å². The van der Waals surface area contributed by atoms with Crippen molar-refractivity contribution in [3.8, 4) is 56.9 Å². The van der Waals surface area contributed by atoms with Crippen molar-refractivity contribution in [3.63, 3.8) is 0 Å². The van der Waals surface area contributed by atoms with E-state index in [-0.39, 0.29) is 51.3 Å². The maximum absolute atomic E-state index is 14.0. The molecule has 0 saturated carbocycles. The molecule has 0 aliphatic carbocycles. The Kier molecular flexibility index (Phi) is 10.4. The van der Waals surface area contributed by atoms with Gasteiger partial charge in [-0.05, 0) is 130 Å². The van der Waals surface area contributed by atoms with Gasteiger partial charge in [-0.3, -0.25) is 0 Å². The number of halogens is 12. The molecule has 0 spiro atoms. The van der Waals surface area contributed by atoms with Crippen LogP contribution in [0.25, 0.3) is 88.4 Å². The van der Waals surface area contributed by atoms with Crippen LogP contribution in [0.15, 0.2) is 158 Å². The van der Waals surface area contributed by atoms with E-state index in [1.54, 1.807) is 94.1 Å². The monoisotopic (exact) mass is 958 g/mol. The zero-order valence-electron chi connectivity index (χ0n) is 35.3. The zero-order chi connectivity index (χ0) is 49.7. The van der Waals surface area contributed by atoms with E-state index in [1.807, 2.05) is 0 Å². The molecule has 16 heteroatoms. The highest BCUT2D eigenvalue weighted by Gasteiger charge is 2.39. The Morgan fingerprint density at radius 1 is 0.314 bits per heavy atom. The van der Waals surface area contributed by atoms with E-state index in [9.17, 15) is 63.2 Å². The van der Waals surface area contributed by atoms with E-state index in [1.165, 1.54) is 36.4 Å². The van der Waals surface area contributed by atoms with Crippen molar-refractivity contribution in [2.45, 2.75) is 24.7 Å². The molecule has 70 heavy (non-hydrogen) atoms. The van der Waals surface area contributed by atoms with Crippen molar-refractivity contribution in [3.05, 3.63) is 191 Å². The molecule has 0 N–H and O–H groups in total. The number of aromatic nitrogens is 2. The first-order valence-corrected chi connectivity index (χ1v) is 20.9. The minimum atomic E-state index is -5.10. The SMILES string of the molecule is N#Cc1cccc(-c2cc(-n3c4ccccc4c4cc(-c5cc(C(F)(F)F)cc(C(F)(F)F)c5)ccc43)c(C#N)c(-n3c4ccccc4c4cc(-c5cc(C(F)(F)F)cc(C(F)(F)F)c5)ccc43)c2)c1. The lowest BCUT2D eigenvalue weighted by atomic mass is 9.97. The highest BCUT2D eigenvalue weighted by atomic mass is 19.4. The van der Waals surface area contributed by atoms with Gasteiger partial charge in [0.2, 0.25) is 0 Å². The first kappa shape index (κ1) is 45.3. The van der Waals surface area contributed by atoms with E-state index in [0.717, 1.165) is 0 Å². The number of nitrogens with zero attached hydrogens (tertiary/aromatic N) is 4. The average molecular weight is 959 g/mol. The minimum Gasteiger partial charge on any atom is -0.308 e. The first-order valence-electron chi connectivity index (χ1n) is 20.9. The predicted octanol–water partition coefficient (Wildman–Crippen LogP) is 16.7. The highest BCUT2D eigenvalue weighted by Crippen LogP contribution is 2.45. The number of fused-ring (bicyclic) bond motifs is 6. The summed E-state index contributed by atoms with van der Waals surface area (Å²) >= 11 is 0. The summed E-state index contributed by atoms with van der Waals surface area (Å²) in [5.41, 5.74) is -2.87. The van der Waals surface area contributed by atoms with Gasteiger partial charge in [-0.15, -0.1) is 0 Å². The highest BCUT2D eigenvalue weighted by molar-refractivity contribution is 6.12. The van der Waals surface area contributed by atoms with E-state index in [2.05, 4.69) is 12.1 Å². The Hall–Kier alpha value is -8.50. The van der Waals surface area contributed by atoms with Crippen LogP contribution in [0.5, 0.6) is 0 Å². The maximum atomic E-state index is 14.0. The van der Waals surface area contributed by atoms with Crippen molar-refractivity contribution in [1.82, 2.24) is 9.13 Å². The van der Waals surface area contributed by atoms with Crippen LogP contribution in [-0.4, -0.2) is 9.13 Å². The summed E-state index contributed by atoms with van der Waals surface area (Å²) in [7, 11) is 0. The average Bonchev–Trinajstić information content (AvgIpc) is 3.84. The smallest absolute Gasteiger partial charge is 0.308 e. The van der Waals surface area contributed by atoms with Crippen molar-refractivity contribution in [2.75, 3.05) is 0 Å². The third kappa shape index (κ3) is 7.81. The Balaban J connectivity index is 1.25. The van der Waals surface area contributed by atoms with Crippen LogP contribution in [0.1, 0.15) is 33.4 Å². The molecule has 4 nitrogen and oxygen atoms in total. The zero-order valence-corrected chi connectivity index (χ0v) is 35.3. The maximum Gasteiger partial charge on any atom is 0.416 e. The molecular formula is C54H26F12N4. The van der Waals surface area contributed by atoms with Gasteiger partial charge in [0.05, 0.1) is 67.3 Å². The molecule has 10 rings (SSSR count). The molecule has 346 valence electrons. The largest absolute Gasteiger partial charge is 0.416 e. The Morgan fingerprint density at radius 3 is 1.07 bits per heavy atom. The second-order valence-corrected chi connectivity index (χ2v) is 16.5. The number of hydrogen-bond donors (Lipinski definition) is 0. The molecule has 8 aromatic carbocycles. The molecule has 0 aliphatic rings. The molecular weight excluding hydrogens is 933 g/mol. The quantitative estimate of drug-likeness (QED) is 0.161. The standard InChI is InChI=1S/C54H26F12N4/c55-51(56,57)36-17-33(18-37(25-36)52(58,59)60)31-12-14-47-42(21-31)40-8-1-3-10-45(40)69(47)49-23-35(30-7-5-6-29(16-30)27-67)24-50(44(49)28-68)70-46-11-4-2-9-41(46)43-22-32(13-15-48(43)70)34-19-38(53(61,62)63)26-39(20-34)54(64,65)66/h1-26H. The lowest BCUT2D eigenvalue weighted by Crippen LogP contribution is -2.11. The van der Waals surface area contributed by atoms with Gasteiger partial charge >= 0.3 is 24.7 Å². The van der Waals surface area contributed by atoms with Crippen LogP contribution in [0.2, 0.25) is 0 Å². The second-order valence-electron chi connectivity index (χ2n) is 16.5. The van der Waals surface area contributed by atoms with Gasteiger partial charge in [-0.25, -0.2) is 0 Å². The van der Waals surface area contributed by atoms with E-state index in [0.29, 0.717) is 84.6 Å². The van der Waals surface area contributed by atoms with Crippen LogP contribution >= 0.6 is 0 Å². The van der Waals surface area contributed by atoms with Crippen LogP contribution in [-0.2, 0) is 24.7 Å². The fraction of sp³-hybridized carbons (Fsp3) is 0.0741.